The quantitative estimate of drug-likeness (QED) is 0.698. The van der Waals surface area contributed by atoms with Gasteiger partial charge in [0.15, 0.2) is 11.6 Å². The molecule has 2 heterocycles. The van der Waals surface area contributed by atoms with E-state index in [2.05, 4.69) is 22.5 Å². The van der Waals surface area contributed by atoms with Gasteiger partial charge < -0.3 is 20.4 Å². The average molecular weight is 395 g/mol. The summed E-state index contributed by atoms with van der Waals surface area (Å²) in [6, 6.07) is 4.53. The highest BCUT2D eigenvalue weighted by atomic mass is 19.2. The molecule has 0 aliphatic carbocycles. The minimum atomic E-state index is -0.826. The summed E-state index contributed by atoms with van der Waals surface area (Å²) in [6.45, 7) is 7.28. The average Bonchev–Trinajstić information content (AvgIpc) is 3.16. The molecule has 1 aromatic rings. The molecule has 2 aliphatic heterocycles. The van der Waals surface area contributed by atoms with Crippen molar-refractivity contribution in [2.75, 3.05) is 44.2 Å². The van der Waals surface area contributed by atoms with Crippen molar-refractivity contribution in [3.05, 3.63) is 29.8 Å². The van der Waals surface area contributed by atoms with E-state index in [-0.39, 0.29) is 6.03 Å². The first-order valence-corrected chi connectivity index (χ1v) is 10.5. The van der Waals surface area contributed by atoms with Gasteiger partial charge in [0, 0.05) is 50.5 Å². The fraction of sp³-hybridized carbons (Fsp3) is 0.667. The van der Waals surface area contributed by atoms with E-state index in [0.29, 0.717) is 30.7 Å². The first-order valence-electron chi connectivity index (χ1n) is 10.5. The number of hydrogen-bond acceptors (Lipinski definition) is 3. The van der Waals surface area contributed by atoms with Gasteiger partial charge >= 0.3 is 6.03 Å². The highest BCUT2D eigenvalue weighted by Gasteiger charge is 2.24. The van der Waals surface area contributed by atoms with Gasteiger partial charge in [-0.05, 0) is 57.2 Å². The van der Waals surface area contributed by atoms with Crippen LogP contribution in [0.4, 0.5) is 19.3 Å². The number of amides is 2. The SMILES string of the molecule is CC1CCCCN1CCCNC(=O)NCC1CCN(c2ccc(F)c(F)c2)C1. The summed E-state index contributed by atoms with van der Waals surface area (Å²) in [7, 11) is 0. The fourth-order valence-corrected chi connectivity index (χ4v) is 4.19. The molecule has 1 aromatic carbocycles. The van der Waals surface area contributed by atoms with E-state index in [4.69, 9.17) is 0 Å². The van der Waals surface area contributed by atoms with Gasteiger partial charge in [-0.3, -0.25) is 0 Å². The molecule has 2 saturated heterocycles. The van der Waals surface area contributed by atoms with Crippen LogP contribution >= 0.6 is 0 Å². The molecule has 0 radical (unpaired) electrons. The predicted molar refractivity (Wildman–Crippen MR) is 108 cm³/mol. The number of hydrogen-bond donors (Lipinski definition) is 2. The minimum Gasteiger partial charge on any atom is -0.371 e. The van der Waals surface area contributed by atoms with Crippen LogP contribution in [0.5, 0.6) is 0 Å². The molecule has 0 aromatic heterocycles. The number of carbonyl (C=O) groups excluding carboxylic acids is 1. The molecule has 0 bridgehead atoms. The van der Waals surface area contributed by atoms with E-state index in [9.17, 15) is 13.6 Å². The van der Waals surface area contributed by atoms with E-state index in [1.165, 1.54) is 31.9 Å². The normalized spacial score (nSPS) is 23.0. The fourth-order valence-electron chi connectivity index (χ4n) is 4.19. The number of carbonyl (C=O) groups is 1. The molecule has 0 saturated carbocycles. The van der Waals surface area contributed by atoms with E-state index in [0.717, 1.165) is 38.5 Å². The molecule has 2 fully saturated rings. The van der Waals surface area contributed by atoms with Crippen molar-refractivity contribution < 1.29 is 13.6 Å². The molecule has 2 unspecified atom stereocenters. The Labute approximate surface area is 166 Å². The van der Waals surface area contributed by atoms with Crippen molar-refractivity contribution in [1.82, 2.24) is 15.5 Å². The Kier molecular flexibility index (Phi) is 7.48. The molecule has 2 N–H and O–H groups in total. The molecule has 2 aliphatic rings. The number of rotatable bonds is 7. The number of urea groups is 1. The number of piperidine rings is 1. The molecule has 2 amide bonds. The maximum absolute atomic E-state index is 13.4. The molecule has 2 atom stereocenters. The lowest BCUT2D eigenvalue weighted by Crippen LogP contribution is -2.41. The van der Waals surface area contributed by atoms with Gasteiger partial charge in [-0.1, -0.05) is 6.42 Å². The van der Waals surface area contributed by atoms with Crippen molar-refractivity contribution in [2.24, 2.45) is 5.92 Å². The summed E-state index contributed by atoms with van der Waals surface area (Å²) in [5, 5.41) is 5.88. The Morgan fingerprint density at radius 3 is 2.79 bits per heavy atom. The van der Waals surface area contributed by atoms with E-state index in [1.807, 2.05) is 4.90 Å². The second-order valence-electron chi connectivity index (χ2n) is 8.07. The summed E-state index contributed by atoms with van der Waals surface area (Å²) in [6.07, 6.45) is 5.77. The predicted octanol–water partition coefficient (Wildman–Crippen LogP) is 3.35. The molecular formula is C21H32F2N4O. The molecule has 28 heavy (non-hydrogen) atoms. The third-order valence-corrected chi connectivity index (χ3v) is 5.95. The number of anilines is 1. The third-order valence-electron chi connectivity index (χ3n) is 5.95. The van der Waals surface area contributed by atoms with E-state index < -0.39 is 11.6 Å². The molecule has 7 heteroatoms. The van der Waals surface area contributed by atoms with Crippen LogP contribution in [0.1, 0.15) is 39.0 Å². The molecular weight excluding hydrogens is 362 g/mol. The molecule has 156 valence electrons. The Morgan fingerprint density at radius 1 is 1.14 bits per heavy atom. The maximum Gasteiger partial charge on any atom is 0.314 e. The Morgan fingerprint density at radius 2 is 2.00 bits per heavy atom. The second-order valence-corrected chi connectivity index (χ2v) is 8.07. The molecule has 3 rings (SSSR count). The molecule has 0 spiro atoms. The smallest absolute Gasteiger partial charge is 0.314 e. The zero-order chi connectivity index (χ0) is 19.9. The number of likely N-dealkylation sites (tertiary alicyclic amines) is 1. The zero-order valence-electron chi connectivity index (χ0n) is 16.7. The lowest BCUT2D eigenvalue weighted by atomic mass is 10.0. The van der Waals surface area contributed by atoms with Gasteiger partial charge in [0.05, 0.1) is 0 Å². The summed E-state index contributed by atoms with van der Waals surface area (Å²) in [5.41, 5.74) is 0.692. The summed E-state index contributed by atoms with van der Waals surface area (Å²) in [4.78, 5) is 16.6. The third kappa shape index (κ3) is 5.80. The highest BCUT2D eigenvalue weighted by molar-refractivity contribution is 5.73. The van der Waals surface area contributed by atoms with Crippen molar-refractivity contribution in [3.63, 3.8) is 0 Å². The Bertz CT molecular complexity index is 657. The van der Waals surface area contributed by atoms with Crippen LogP contribution in [0.15, 0.2) is 18.2 Å². The van der Waals surface area contributed by atoms with Gasteiger partial charge in [0.25, 0.3) is 0 Å². The van der Waals surface area contributed by atoms with Crippen LogP contribution < -0.4 is 15.5 Å². The largest absolute Gasteiger partial charge is 0.371 e. The lowest BCUT2D eigenvalue weighted by molar-refractivity contribution is 0.159. The van der Waals surface area contributed by atoms with Crippen LogP contribution in [0.3, 0.4) is 0 Å². The summed E-state index contributed by atoms with van der Waals surface area (Å²) in [5.74, 6) is -1.34. The number of nitrogens with one attached hydrogen (secondary N) is 2. The van der Waals surface area contributed by atoms with Gasteiger partial charge in [-0.2, -0.15) is 0 Å². The second kappa shape index (κ2) is 10.0. The minimum absolute atomic E-state index is 0.127. The van der Waals surface area contributed by atoms with Crippen LogP contribution in [-0.2, 0) is 0 Å². The van der Waals surface area contributed by atoms with Crippen LogP contribution in [0.25, 0.3) is 0 Å². The lowest BCUT2D eigenvalue weighted by Gasteiger charge is -2.33. The van der Waals surface area contributed by atoms with Crippen LogP contribution in [0, 0.1) is 17.6 Å². The Hall–Kier alpha value is -1.89. The highest BCUT2D eigenvalue weighted by Crippen LogP contribution is 2.25. The van der Waals surface area contributed by atoms with E-state index in [1.54, 1.807) is 6.07 Å². The van der Waals surface area contributed by atoms with Gasteiger partial charge in [-0.15, -0.1) is 0 Å². The summed E-state index contributed by atoms with van der Waals surface area (Å²) < 4.78 is 26.5. The monoisotopic (exact) mass is 394 g/mol. The first-order chi connectivity index (χ1) is 13.5. The van der Waals surface area contributed by atoms with Crippen molar-refractivity contribution in [1.29, 1.82) is 0 Å². The maximum atomic E-state index is 13.4. The van der Waals surface area contributed by atoms with Crippen LogP contribution in [-0.4, -0.2) is 56.2 Å². The van der Waals surface area contributed by atoms with Crippen molar-refractivity contribution in [3.8, 4) is 0 Å². The number of benzene rings is 1. The molecule has 5 nitrogen and oxygen atoms in total. The van der Waals surface area contributed by atoms with Crippen molar-refractivity contribution >= 4 is 11.7 Å². The van der Waals surface area contributed by atoms with Crippen LogP contribution in [0.2, 0.25) is 0 Å². The zero-order valence-corrected chi connectivity index (χ0v) is 16.7. The van der Waals surface area contributed by atoms with Gasteiger partial charge in [0.1, 0.15) is 0 Å². The van der Waals surface area contributed by atoms with Gasteiger partial charge in [0.2, 0.25) is 0 Å². The van der Waals surface area contributed by atoms with E-state index >= 15 is 0 Å². The topological polar surface area (TPSA) is 47.6 Å². The first kappa shape index (κ1) is 20.8. The van der Waals surface area contributed by atoms with Crippen molar-refractivity contribution in [2.45, 2.75) is 45.1 Å². The Balaban J connectivity index is 1.30. The van der Waals surface area contributed by atoms with Gasteiger partial charge in [-0.25, -0.2) is 13.6 Å². The number of halogens is 2. The summed E-state index contributed by atoms with van der Waals surface area (Å²) >= 11 is 0. The number of nitrogens with zero attached hydrogens (tertiary/aromatic N) is 2. The standard InChI is InChI=1S/C21H32F2N4O/c1-16-5-2-3-10-26(16)11-4-9-24-21(28)25-14-17-8-12-27(15-17)18-6-7-19(22)20(23)13-18/h6-7,13,16-17H,2-5,8-12,14-15H2,1H3,(H2,24,25,28).